The summed E-state index contributed by atoms with van der Waals surface area (Å²) in [6.07, 6.45) is 0.586. The number of nitrogens with two attached hydrogens (primary N) is 2. The van der Waals surface area contributed by atoms with Gasteiger partial charge in [-0.05, 0) is 74.7 Å². The van der Waals surface area contributed by atoms with E-state index in [1.54, 1.807) is 60.0 Å². The summed E-state index contributed by atoms with van der Waals surface area (Å²) in [5.74, 6) is -2.60. The highest BCUT2D eigenvalue weighted by Gasteiger charge is 2.57. The molecule has 0 saturated carbocycles. The van der Waals surface area contributed by atoms with Crippen LogP contribution in [0.1, 0.15) is 100 Å². The zero-order valence-corrected chi connectivity index (χ0v) is 36.2. The number of aromatic nitrogens is 4. The van der Waals surface area contributed by atoms with E-state index < -0.39 is 75.7 Å². The number of nitrogens with zero attached hydrogens (tertiary/aromatic N) is 5. The number of carbonyl (C=O) groups excluding carboxylic acids is 3. The maximum absolute atomic E-state index is 14.3. The summed E-state index contributed by atoms with van der Waals surface area (Å²) in [4.78, 5) is 51.9. The van der Waals surface area contributed by atoms with Crippen molar-refractivity contribution in [3.8, 4) is 0 Å². The molecular weight excluding hydrogens is 795 g/mol. The summed E-state index contributed by atoms with van der Waals surface area (Å²) in [7, 11) is -4.63. The van der Waals surface area contributed by atoms with Gasteiger partial charge in [0.15, 0.2) is 23.5 Å². The predicted molar refractivity (Wildman–Crippen MR) is 214 cm³/mol. The average molecular weight is 858 g/mol. The minimum atomic E-state index is -4.63. The first kappa shape index (κ1) is 47.9. The molecule has 5 atom stereocenters. The Hall–Kier alpha value is -3.77. The lowest BCUT2D eigenvalue weighted by Gasteiger charge is -2.29. The molecule has 0 unspecified atom stereocenters. The Morgan fingerprint density at radius 1 is 0.932 bits per heavy atom. The lowest BCUT2D eigenvalue weighted by atomic mass is 10.1. The molecule has 2 aliphatic heterocycles. The van der Waals surface area contributed by atoms with Gasteiger partial charge < -0.3 is 49.9 Å². The third-order valence-electron chi connectivity index (χ3n) is 8.88. The van der Waals surface area contributed by atoms with Gasteiger partial charge in [-0.1, -0.05) is 12.8 Å². The molecule has 0 aliphatic carbocycles. The molecule has 334 valence electrons. The van der Waals surface area contributed by atoms with Gasteiger partial charge in [0.2, 0.25) is 0 Å². The van der Waals surface area contributed by atoms with Gasteiger partial charge in [-0.2, -0.15) is 12.7 Å². The van der Waals surface area contributed by atoms with Crippen LogP contribution >= 0.6 is 0 Å². The zero-order chi connectivity index (χ0) is 43.6. The van der Waals surface area contributed by atoms with Crippen molar-refractivity contribution in [2.75, 3.05) is 51.8 Å². The molecule has 4 rings (SSSR count). The molecule has 0 aromatic carbocycles. The van der Waals surface area contributed by atoms with E-state index in [9.17, 15) is 22.8 Å². The molecular formula is C37H63N9O12S. The van der Waals surface area contributed by atoms with E-state index in [0.717, 1.165) is 17.1 Å². The van der Waals surface area contributed by atoms with Crippen LogP contribution in [0.3, 0.4) is 0 Å². The Bertz CT molecular complexity index is 1820. The minimum absolute atomic E-state index is 0.0115. The monoisotopic (exact) mass is 857 g/mol. The number of ether oxygens (including phenoxy) is 7. The van der Waals surface area contributed by atoms with E-state index >= 15 is 0 Å². The molecule has 2 fully saturated rings. The molecule has 4 heterocycles. The number of hydrogen-bond acceptors (Lipinski definition) is 17. The first-order chi connectivity index (χ1) is 27.6. The molecule has 2 aromatic heterocycles. The second-order valence-electron chi connectivity index (χ2n) is 16.8. The van der Waals surface area contributed by atoms with Crippen LogP contribution in [-0.4, -0.2) is 138 Å². The van der Waals surface area contributed by atoms with Crippen LogP contribution in [-0.2, 0) is 53.0 Å². The van der Waals surface area contributed by atoms with Crippen molar-refractivity contribution in [1.29, 1.82) is 0 Å². The quantitative estimate of drug-likeness (QED) is 0.0974. The highest BCUT2D eigenvalue weighted by atomic mass is 32.2. The van der Waals surface area contributed by atoms with E-state index in [0.29, 0.717) is 57.0 Å². The molecule has 59 heavy (non-hydrogen) atoms. The highest BCUT2D eigenvalue weighted by Crippen LogP contribution is 2.44. The van der Waals surface area contributed by atoms with Crippen molar-refractivity contribution in [2.45, 2.75) is 141 Å². The van der Waals surface area contributed by atoms with Crippen molar-refractivity contribution in [3.63, 3.8) is 0 Å². The smallest absolute Gasteiger partial charge is 0.408 e. The fourth-order valence-corrected chi connectivity index (χ4v) is 7.72. The second-order valence-corrected chi connectivity index (χ2v) is 18.5. The molecule has 0 bridgehead atoms. The maximum atomic E-state index is 14.3. The Labute approximate surface area is 346 Å². The van der Waals surface area contributed by atoms with Crippen LogP contribution in [0.5, 0.6) is 0 Å². The van der Waals surface area contributed by atoms with E-state index in [1.807, 2.05) is 0 Å². The number of nitrogens with one attached hydrogen (secondary N) is 2. The molecule has 0 radical (unpaired) electrons. The summed E-state index contributed by atoms with van der Waals surface area (Å²) in [5, 5.41) is 2.42. The Kier molecular flexibility index (Phi) is 16.8. The van der Waals surface area contributed by atoms with Crippen molar-refractivity contribution in [1.82, 2.24) is 33.9 Å². The number of amides is 2. The van der Waals surface area contributed by atoms with Gasteiger partial charge in [-0.15, -0.1) is 0 Å². The third-order valence-corrected chi connectivity index (χ3v) is 10.4. The largest absolute Gasteiger partial charge is 0.460 e. The van der Waals surface area contributed by atoms with Crippen molar-refractivity contribution < 1.29 is 56.0 Å². The van der Waals surface area contributed by atoms with E-state index in [4.69, 9.17) is 44.6 Å². The molecule has 2 aliphatic rings. The third kappa shape index (κ3) is 14.7. The SMILES string of the molecule is CC(C)(C)OC(=O)CC[C@H](NC(=O)OC(C)(C)C)C(=O)NS(=O)(=O)N(CCCCCCOCCOCCN)C[C@H]1O[C@@H](n2cnc3c(N)ncnc32)[C@@H]2OC(C)(C)O[C@@H]21. The van der Waals surface area contributed by atoms with Crippen LogP contribution < -0.4 is 21.5 Å². The summed E-state index contributed by atoms with van der Waals surface area (Å²) in [6, 6.07) is -1.48. The number of rotatable bonds is 22. The van der Waals surface area contributed by atoms with Gasteiger partial charge in [0.05, 0.1) is 26.1 Å². The number of alkyl carbamates (subject to hydrolysis) is 1. The number of anilines is 1. The van der Waals surface area contributed by atoms with Crippen LogP contribution in [0.15, 0.2) is 12.7 Å². The normalized spacial score (nSPS) is 21.1. The molecule has 0 spiro atoms. The standard InChI is InChI=1S/C37H63N9O12S/c1-35(2,3)55-26(47)14-13-24(43-34(49)58-36(4,5)6)32(48)44-59(50,51)45(16-11-9-10-12-17-52-19-20-53-18-15-38)21-25-28-29(57-37(7,8)56-28)33(54-25)46-23-42-27-30(39)40-22-41-31(27)46/h22-25,28-29,33H,9-21,38H2,1-8H3,(H,43,49)(H,44,48)(H2,39,40,41)/t24-,25+,28+,29+,33+/m0/s1. The summed E-state index contributed by atoms with van der Waals surface area (Å²) >= 11 is 0. The van der Waals surface area contributed by atoms with Gasteiger partial charge in [0, 0.05) is 32.7 Å². The van der Waals surface area contributed by atoms with Crippen LogP contribution in [0.25, 0.3) is 11.2 Å². The van der Waals surface area contributed by atoms with E-state index in [-0.39, 0.29) is 31.7 Å². The number of imidazole rings is 1. The van der Waals surface area contributed by atoms with E-state index in [1.165, 1.54) is 12.7 Å². The molecule has 22 heteroatoms. The van der Waals surface area contributed by atoms with Gasteiger partial charge in [0.1, 0.15) is 47.4 Å². The molecule has 2 aromatic rings. The predicted octanol–water partition coefficient (Wildman–Crippen LogP) is 2.06. The zero-order valence-electron chi connectivity index (χ0n) is 35.4. The van der Waals surface area contributed by atoms with Gasteiger partial charge in [-0.3, -0.25) is 14.2 Å². The fraction of sp³-hybridized carbons (Fsp3) is 0.784. The number of nitrogen functional groups attached to an aromatic ring is 1. The lowest BCUT2D eigenvalue weighted by Crippen LogP contribution is -2.54. The van der Waals surface area contributed by atoms with Gasteiger partial charge >= 0.3 is 22.3 Å². The Morgan fingerprint density at radius 2 is 1.59 bits per heavy atom. The van der Waals surface area contributed by atoms with Crippen LogP contribution in [0.2, 0.25) is 0 Å². The van der Waals surface area contributed by atoms with Crippen molar-refractivity contribution in [2.24, 2.45) is 5.73 Å². The number of carbonyl (C=O) groups is 3. The average Bonchev–Trinajstić information content (AvgIpc) is 3.78. The summed E-state index contributed by atoms with van der Waals surface area (Å²) in [5.41, 5.74) is 10.5. The van der Waals surface area contributed by atoms with Gasteiger partial charge in [-0.25, -0.2) is 24.5 Å². The minimum Gasteiger partial charge on any atom is -0.460 e. The molecule has 2 saturated heterocycles. The Balaban J connectivity index is 1.54. The molecule has 2 amide bonds. The van der Waals surface area contributed by atoms with E-state index in [2.05, 4.69) is 25.0 Å². The van der Waals surface area contributed by atoms with Gasteiger partial charge in [0.25, 0.3) is 5.91 Å². The lowest BCUT2D eigenvalue weighted by molar-refractivity contribution is -0.196. The number of esters is 1. The topological polar surface area (TPSA) is 273 Å². The first-order valence-corrected chi connectivity index (χ1v) is 21.4. The molecule has 6 N–H and O–H groups in total. The van der Waals surface area contributed by atoms with Crippen LogP contribution in [0.4, 0.5) is 10.6 Å². The summed E-state index contributed by atoms with van der Waals surface area (Å²) < 4.78 is 74.1. The first-order valence-electron chi connectivity index (χ1n) is 19.9. The number of hydrogen-bond donors (Lipinski definition) is 4. The Morgan fingerprint density at radius 3 is 2.27 bits per heavy atom. The second kappa shape index (κ2) is 20.7. The molecule has 21 nitrogen and oxygen atoms in total. The van der Waals surface area contributed by atoms with Crippen LogP contribution in [0, 0.1) is 0 Å². The summed E-state index contributed by atoms with van der Waals surface area (Å²) in [6.45, 7) is 15.5. The highest BCUT2D eigenvalue weighted by molar-refractivity contribution is 7.87. The van der Waals surface area contributed by atoms with Crippen molar-refractivity contribution in [3.05, 3.63) is 12.7 Å². The number of fused-ring (bicyclic) bond motifs is 2. The number of unbranched alkanes of at least 4 members (excludes halogenated alkanes) is 3. The fourth-order valence-electron chi connectivity index (χ4n) is 6.48. The van der Waals surface area contributed by atoms with Crippen molar-refractivity contribution >= 4 is 45.2 Å². The maximum Gasteiger partial charge on any atom is 0.408 e.